The monoisotopic (exact) mass is 238 g/mol. The van der Waals surface area contributed by atoms with Gasteiger partial charge in [0, 0.05) is 5.56 Å². The van der Waals surface area contributed by atoms with Crippen LogP contribution in [0, 0.1) is 13.8 Å². The van der Waals surface area contributed by atoms with Crippen LogP contribution in [-0.2, 0) is 4.74 Å². The van der Waals surface area contributed by atoms with E-state index in [1.54, 1.807) is 0 Å². The zero-order valence-corrected chi connectivity index (χ0v) is 10.4. The van der Waals surface area contributed by atoms with Crippen LogP contribution in [0.4, 0.5) is 0 Å². The molecule has 90 valence electrons. The molecule has 2 nitrogen and oxygen atoms in total. The maximum Gasteiger partial charge on any atom is 0.339 e. The molecule has 2 heteroatoms. The molecular formula is C16H14O2. The number of carbonyl (C=O) groups excluding carboxylic acids is 1. The summed E-state index contributed by atoms with van der Waals surface area (Å²) in [4.78, 5) is 11.8. The van der Waals surface area contributed by atoms with E-state index in [1.165, 1.54) is 5.56 Å². The Labute approximate surface area is 106 Å². The van der Waals surface area contributed by atoms with E-state index in [-0.39, 0.29) is 12.1 Å². The zero-order chi connectivity index (χ0) is 12.7. The van der Waals surface area contributed by atoms with E-state index in [1.807, 2.05) is 30.3 Å². The van der Waals surface area contributed by atoms with Crippen molar-refractivity contribution >= 4 is 5.97 Å². The van der Waals surface area contributed by atoms with Gasteiger partial charge >= 0.3 is 5.97 Å². The molecule has 0 aromatic heterocycles. The number of carbonyl (C=O) groups is 1. The number of fused-ring (bicyclic) bond motifs is 1. The summed E-state index contributed by atoms with van der Waals surface area (Å²) in [7, 11) is 0. The van der Waals surface area contributed by atoms with Gasteiger partial charge in [-0.25, -0.2) is 4.79 Å². The van der Waals surface area contributed by atoms with E-state index >= 15 is 0 Å². The first-order valence-corrected chi connectivity index (χ1v) is 6.04. The largest absolute Gasteiger partial charge is 0.449 e. The van der Waals surface area contributed by atoms with Crippen molar-refractivity contribution in [1.82, 2.24) is 0 Å². The molecule has 0 radical (unpaired) electrons. The smallest absolute Gasteiger partial charge is 0.339 e. The Morgan fingerprint density at radius 1 is 1.00 bits per heavy atom. The summed E-state index contributed by atoms with van der Waals surface area (Å²) < 4.78 is 5.50. The minimum absolute atomic E-state index is 0.226. The molecule has 18 heavy (non-hydrogen) atoms. The Bertz CT molecular complexity index is 629. The Balaban J connectivity index is 2.12. The number of benzene rings is 2. The quantitative estimate of drug-likeness (QED) is 0.710. The Hall–Kier alpha value is -2.09. The van der Waals surface area contributed by atoms with Gasteiger partial charge in [0.05, 0.1) is 5.56 Å². The molecule has 0 bridgehead atoms. The summed E-state index contributed by atoms with van der Waals surface area (Å²) in [5.41, 5.74) is 5.09. The van der Waals surface area contributed by atoms with Crippen molar-refractivity contribution in [3.05, 3.63) is 70.3 Å². The molecule has 0 amide bonds. The van der Waals surface area contributed by atoms with Gasteiger partial charge in [-0.2, -0.15) is 0 Å². The molecule has 0 spiro atoms. The minimum atomic E-state index is -0.255. The van der Waals surface area contributed by atoms with E-state index in [4.69, 9.17) is 4.74 Å². The molecule has 1 heterocycles. The van der Waals surface area contributed by atoms with Crippen LogP contribution in [-0.4, -0.2) is 5.97 Å². The fourth-order valence-corrected chi connectivity index (χ4v) is 2.50. The van der Waals surface area contributed by atoms with E-state index < -0.39 is 0 Å². The third kappa shape index (κ3) is 1.61. The molecule has 0 aliphatic carbocycles. The molecule has 0 N–H and O–H groups in total. The third-order valence-corrected chi connectivity index (χ3v) is 3.40. The summed E-state index contributed by atoms with van der Waals surface area (Å²) >= 11 is 0. The van der Waals surface area contributed by atoms with Gasteiger partial charge in [-0.05, 0) is 31.0 Å². The molecule has 2 aromatic rings. The Kier molecular flexibility index (Phi) is 2.44. The molecule has 0 saturated heterocycles. The molecule has 1 aliphatic heterocycles. The number of ether oxygens (including phenoxy) is 1. The minimum Gasteiger partial charge on any atom is -0.449 e. The molecule has 3 rings (SSSR count). The van der Waals surface area contributed by atoms with Gasteiger partial charge in [-0.1, -0.05) is 42.0 Å². The highest BCUT2D eigenvalue weighted by molar-refractivity contribution is 5.94. The Morgan fingerprint density at radius 3 is 2.56 bits per heavy atom. The van der Waals surface area contributed by atoms with Crippen molar-refractivity contribution in [3.63, 3.8) is 0 Å². The number of hydrogen-bond acceptors (Lipinski definition) is 2. The van der Waals surface area contributed by atoms with Crippen LogP contribution in [0.15, 0.2) is 42.5 Å². The highest BCUT2D eigenvalue weighted by atomic mass is 16.5. The molecule has 0 saturated carbocycles. The van der Waals surface area contributed by atoms with Crippen LogP contribution < -0.4 is 0 Å². The van der Waals surface area contributed by atoms with Crippen LogP contribution in [0.5, 0.6) is 0 Å². The molecule has 1 atom stereocenters. The van der Waals surface area contributed by atoms with Gasteiger partial charge in [0.1, 0.15) is 0 Å². The molecule has 0 fully saturated rings. The van der Waals surface area contributed by atoms with Crippen molar-refractivity contribution in [2.75, 3.05) is 0 Å². The summed E-state index contributed by atoms with van der Waals surface area (Å²) in [6.45, 7) is 4.11. The highest BCUT2D eigenvalue weighted by Gasteiger charge is 2.32. The lowest BCUT2D eigenvalue weighted by Crippen LogP contribution is -2.03. The number of hydrogen-bond donors (Lipinski definition) is 0. The van der Waals surface area contributed by atoms with Crippen molar-refractivity contribution in [3.8, 4) is 0 Å². The highest BCUT2D eigenvalue weighted by Crippen LogP contribution is 2.36. The van der Waals surface area contributed by atoms with Crippen LogP contribution in [0.2, 0.25) is 0 Å². The van der Waals surface area contributed by atoms with Gasteiger partial charge in [-0.3, -0.25) is 0 Å². The SMILES string of the molecule is Cc1ccc([C@@H]2OC(=O)c3ccccc32)c(C)c1. The van der Waals surface area contributed by atoms with Crippen LogP contribution in [0.3, 0.4) is 0 Å². The van der Waals surface area contributed by atoms with Crippen molar-refractivity contribution in [2.24, 2.45) is 0 Å². The first-order chi connectivity index (χ1) is 8.66. The fraction of sp³-hybridized carbons (Fsp3) is 0.188. The fourth-order valence-electron chi connectivity index (χ4n) is 2.50. The first-order valence-electron chi connectivity index (χ1n) is 6.04. The van der Waals surface area contributed by atoms with Crippen LogP contribution in [0.1, 0.15) is 38.7 Å². The summed E-state index contributed by atoms with van der Waals surface area (Å²) in [5, 5.41) is 0. The van der Waals surface area contributed by atoms with Gasteiger partial charge in [-0.15, -0.1) is 0 Å². The normalized spacial score (nSPS) is 17.4. The number of esters is 1. The van der Waals surface area contributed by atoms with E-state index in [0.29, 0.717) is 5.56 Å². The van der Waals surface area contributed by atoms with Crippen LogP contribution >= 0.6 is 0 Å². The number of rotatable bonds is 1. The maximum atomic E-state index is 11.8. The lowest BCUT2D eigenvalue weighted by atomic mass is 9.95. The van der Waals surface area contributed by atoms with Crippen molar-refractivity contribution < 1.29 is 9.53 Å². The summed E-state index contributed by atoms with van der Waals surface area (Å²) in [6, 6.07) is 13.8. The number of aryl methyl sites for hydroxylation is 2. The third-order valence-electron chi connectivity index (χ3n) is 3.40. The lowest BCUT2D eigenvalue weighted by molar-refractivity contribution is 0.0455. The molecule has 0 unspecified atom stereocenters. The zero-order valence-electron chi connectivity index (χ0n) is 10.4. The van der Waals surface area contributed by atoms with Gasteiger partial charge in [0.25, 0.3) is 0 Å². The van der Waals surface area contributed by atoms with E-state index in [9.17, 15) is 4.79 Å². The average molecular weight is 238 g/mol. The van der Waals surface area contributed by atoms with Gasteiger partial charge in [0.15, 0.2) is 6.10 Å². The molecule has 2 aromatic carbocycles. The number of cyclic esters (lactones) is 1. The van der Waals surface area contributed by atoms with Crippen molar-refractivity contribution in [1.29, 1.82) is 0 Å². The average Bonchev–Trinajstić information content (AvgIpc) is 2.68. The van der Waals surface area contributed by atoms with E-state index in [2.05, 4.69) is 26.0 Å². The summed E-state index contributed by atoms with van der Waals surface area (Å²) in [6.07, 6.45) is -0.255. The van der Waals surface area contributed by atoms with Gasteiger partial charge < -0.3 is 4.74 Å². The Morgan fingerprint density at radius 2 is 1.78 bits per heavy atom. The van der Waals surface area contributed by atoms with E-state index in [0.717, 1.165) is 16.7 Å². The second-order valence-corrected chi connectivity index (χ2v) is 4.73. The molecular weight excluding hydrogens is 224 g/mol. The maximum absolute atomic E-state index is 11.8. The molecule has 1 aliphatic rings. The predicted octanol–water partition coefficient (Wildman–Crippen LogP) is 3.56. The first kappa shape index (κ1) is 11.0. The second kappa shape index (κ2) is 3.98. The predicted molar refractivity (Wildman–Crippen MR) is 69.6 cm³/mol. The topological polar surface area (TPSA) is 26.3 Å². The standard InChI is InChI=1S/C16H14O2/c1-10-7-8-12(11(2)9-10)15-13-5-3-4-6-14(13)16(17)18-15/h3-9,15H,1-2H3/t15-/m0/s1. The van der Waals surface area contributed by atoms with Gasteiger partial charge in [0.2, 0.25) is 0 Å². The lowest BCUT2D eigenvalue weighted by Gasteiger charge is -2.14. The summed E-state index contributed by atoms with van der Waals surface area (Å²) in [5.74, 6) is -0.226. The van der Waals surface area contributed by atoms with Crippen LogP contribution in [0.25, 0.3) is 0 Å². The second-order valence-electron chi connectivity index (χ2n) is 4.73. The van der Waals surface area contributed by atoms with Crippen molar-refractivity contribution in [2.45, 2.75) is 20.0 Å².